The smallest absolute Gasteiger partial charge is 0.0658 e. The number of thioether (sulfide) groups is 1. The topological polar surface area (TPSA) is 20.2 Å². The summed E-state index contributed by atoms with van der Waals surface area (Å²) in [6, 6.07) is 0. The highest BCUT2D eigenvalue weighted by atomic mass is 32.2. The second-order valence-electron chi connectivity index (χ2n) is 4.41. The van der Waals surface area contributed by atoms with Crippen LogP contribution in [0.2, 0.25) is 0 Å². The fourth-order valence-electron chi connectivity index (χ4n) is 1.99. The standard InChI is InChI=1S/C11H22OS/c1-3-10(2)9-11(12)5-4-7-13-8-6-11/h10,12H,3-9H2,1-2H3. The van der Waals surface area contributed by atoms with Crippen molar-refractivity contribution in [3.63, 3.8) is 0 Å². The van der Waals surface area contributed by atoms with Gasteiger partial charge < -0.3 is 5.11 Å². The molecule has 1 aliphatic heterocycles. The van der Waals surface area contributed by atoms with Crippen LogP contribution in [-0.4, -0.2) is 22.2 Å². The number of aliphatic hydroxyl groups is 1. The summed E-state index contributed by atoms with van der Waals surface area (Å²) in [5.74, 6) is 3.06. The first-order chi connectivity index (χ1) is 6.16. The van der Waals surface area contributed by atoms with E-state index in [1.54, 1.807) is 0 Å². The van der Waals surface area contributed by atoms with Gasteiger partial charge in [0.1, 0.15) is 0 Å². The van der Waals surface area contributed by atoms with Crippen LogP contribution in [0.5, 0.6) is 0 Å². The molecular weight excluding hydrogens is 180 g/mol. The van der Waals surface area contributed by atoms with E-state index >= 15 is 0 Å². The average Bonchev–Trinajstić information content (AvgIpc) is 2.30. The van der Waals surface area contributed by atoms with Gasteiger partial charge >= 0.3 is 0 Å². The summed E-state index contributed by atoms with van der Waals surface area (Å²) in [4.78, 5) is 0. The van der Waals surface area contributed by atoms with Crippen molar-refractivity contribution in [3.8, 4) is 0 Å². The molecule has 2 atom stereocenters. The van der Waals surface area contributed by atoms with E-state index in [-0.39, 0.29) is 5.60 Å². The molecule has 0 saturated carbocycles. The van der Waals surface area contributed by atoms with Crippen LogP contribution >= 0.6 is 11.8 Å². The molecule has 1 N–H and O–H groups in total. The maximum atomic E-state index is 10.3. The van der Waals surface area contributed by atoms with Gasteiger partial charge in [0.2, 0.25) is 0 Å². The van der Waals surface area contributed by atoms with Gasteiger partial charge in [0.15, 0.2) is 0 Å². The van der Waals surface area contributed by atoms with E-state index in [1.165, 1.54) is 18.6 Å². The second-order valence-corrected chi connectivity index (χ2v) is 5.63. The first-order valence-corrected chi connectivity index (χ1v) is 6.62. The Kier molecular flexibility index (Phi) is 4.60. The van der Waals surface area contributed by atoms with Crippen molar-refractivity contribution in [1.82, 2.24) is 0 Å². The van der Waals surface area contributed by atoms with Crippen LogP contribution in [0.15, 0.2) is 0 Å². The molecule has 0 radical (unpaired) electrons. The van der Waals surface area contributed by atoms with Crippen LogP contribution in [-0.2, 0) is 0 Å². The minimum Gasteiger partial charge on any atom is -0.390 e. The van der Waals surface area contributed by atoms with E-state index in [1.807, 2.05) is 11.8 Å². The molecule has 0 aliphatic carbocycles. The first kappa shape index (κ1) is 11.4. The van der Waals surface area contributed by atoms with Gasteiger partial charge in [-0.2, -0.15) is 11.8 Å². The predicted molar refractivity (Wildman–Crippen MR) is 60.2 cm³/mol. The minimum atomic E-state index is -0.334. The largest absolute Gasteiger partial charge is 0.390 e. The van der Waals surface area contributed by atoms with Crippen molar-refractivity contribution in [1.29, 1.82) is 0 Å². The maximum Gasteiger partial charge on any atom is 0.0658 e. The molecule has 1 saturated heterocycles. The third kappa shape index (κ3) is 3.90. The monoisotopic (exact) mass is 202 g/mol. The number of rotatable bonds is 3. The lowest BCUT2D eigenvalue weighted by Gasteiger charge is -2.29. The lowest BCUT2D eigenvalue weighted by molar-refractivity contribution is 0.00709. The van der Waals surface area contributed by atoms with Crippen LogP contribution in [0, 0.1) is 5.92 Å². The van der Waals surface area contributed by atoms with Gasteiger partial charge in [-0.3, -0.25) is 0 Å². The van der Waals surface area contributed by atoms with Gasteiger partial charge in [-0.25, -0.2) is 0 Å². The highest BCUT2D eigenvalue weighted by Crippen LogP contribution is 2.32. The molecule has 13 heavy (non-hydrogen) atoms. The minimum absolute atomic E-state index is 0.334. The summed E-state index contributed by atoms with van der Waals surface area (Å²) in [5.41, 5.74) is -0.334. The van der Waals surface area contributed by atoms with E-state index < -0.39 is 0 Å². The van der Waals surface area contributed by atoms with Gasteiger partial charge in [0.25, 0.3) is 0 Å². The van der Waals surface area contributed by atoms with Crippen LogP contribution in [0.25, 0.3) is 0 Å². The summed E-state index contributed by atoms with van der Waals surface area (Å²) in [6.07, 6.45) is 5.41. The van der Waals surface area contributed by atoms with Crippen LogP contribution in [0.3, 0.4) is 0 Å². The van der Waals surface area contributed by atoms with Crippen molar-refractivity contribution in [2.45, 2.75) is 51.6 Å². The Labute approximate surface area is 86.3 Å². The van der Waals surface area contributed by atoms with Gasteiger partial charge in [-0.05, 0) is 43.1 Å². The molecule has 1 heterocycles. The summed E-state index contributed by atoms with van der Waals surface area (Å²) >= 11 is 1.99. The number of hydrogen-bond donors (Lipinski definition) is 1. The molecule has 0 amide bonds. The maximum absolute atomic E-state index is 10.3. The van der Waals surface area contributed by atoms with Crippen molar-refractivity contribution in [2.75, 3.05) is 11.5 Å². The second kappa shape index (κ2) is 5.26. The Balaban J connectivity index is 2.41. The summed E-state index contributed by atoms with van der Waals surface area (Å²) in [7, 11) is 0. The van der Waals surface area contributed by atoms with Crippen molar-refractivity contribution >= 4 is 11.8 Å². The summed E-state index contributed by atoms with van der Waals surface area (Å²) in [5, 5.41) is 10.3. The molecular formula is C11H22OS. The van der Waals surface area contributed by atoms with Crippen LogP contribution in [0.1, 0.15) is 46.0 Å². The van der Waals surface area contributed by atoms with E-state index in [0.717, 1.165) is 25.0 Å². The Morgan fingerprint density at radius 3 is 2.85 bits per heavy atom. The van der Waals surface area contributed by atoms with Gasteiger partial charge in [-0.1, -0.05) is 20.3 Å². The normalized spacial score (nSPS) is 32.5. The quantitative estimate of drug-likeness (QED) is 0.759. The number of hydrogen-bond acceptors (Lipinski definition) is 2. The molecule has 2 unspecified atom stereocenters. The molecule has 0 aromatic rings. The Morgan fingerprint density at radius 2 is 2.15 bits per heavy atom. The van der Waals surface area contributed by atoms with Gasteiger partial charge in [-0.15, -0.1) is 0 Å². The van der Waals surface area contributed by atoms with Gasteiger partial charge in [0, 0.05) is 0 Å². The molecule has 2 heteroatoms. The van der Waals surface area contributed by atoms with Crippen molar-refractivity contribution in [2.24, 2.45) is 5.92 Å². The molecule has 78 valence electrons. The lowest BCUT2D eigenvalue weighted by atomic mass is 9.85. The van der Waals surface area contributed by atoms with E-state index in [9.17, 15) is 5.11 Å². The van der Waals surface area contributed by atoms with E-state index in [0.29, 0.717) is 5.92 Å². The molecule has 1 aliphatic rings. The third-order valence-electron chi connectivity index (χ3n) is 3.07. The van der Waals surface area contributed by atoms with E-state index in [2.05, 4.69) is 13.8 Å². The SMILES string of the molecule is CCC(C)CC1(O)CCCSCC1. The lowest BCUT2D eigenvalue weighted by Crippen LogP contribution is -2.30. The molecule has 0 aromatic carbocycles. The highest BCUT2D eigenvalue weighted by molar-refractivity contribution is 7.99. The third-order valence-corrected chi connectivity index (χ3v) is 4.14. The summed E-state index contributed by atoms with van der Waals surface area (Å²) in [6.45, 7) is 4.45. The predicted octanol–water partition coefficient (Wildman–Crippen LogP) is 3.07. The van der Waals surface area contributed by atoms with Crippen molar-refractivity contribution < 1.29 is 5.11 Å². The Bertz CT molecular complexity index is 139. The van der Waals surface area contributed by atoms with E-state index in [4.69, 9.17) is 0 Å². The summed E-state index contributed by atoms with van der Waals surface area (Å²) < 4.78 is 0. The fourth-order valence-corrected chi connectivity index (χ4v) is 3.07. The average molecular weight is 202 g/mol. The zero-order valence-corrected chi connectivity index (χ0v) is 9.70. The molecule has 0 aromatic heterocycles. The molecule has 0 spiro atoms. The van der Waals surface area contributed by atoms with Crippen molar-refractivity contribution in [3.05, 3.63) is 0 Å². The Hall–Kier alpha value is 0.310. The van der Waals surface area contributed by atoms with Crippen LogP contribution < -0.4 is 0 Å². The van der Waals surface area contributed by atoms with Crippen LogP contribution in [0.4, 0.5) is 0 Å². The highest BCUT2D eigenvalue weighted by Gasteiger charge is 2.29. The Morgan fingerprint density at radius 1 is 1.38 bits per heavy atom. The van der Waals surface area contributed by atoms with Gasteiger partial charge in [0.05, 0.1) is 5.60 Å². The molecule has 1 fully saturated rings. The molecule has 0 bridgehead atoms. The fraction of sp³-hybridized carbons (Fsp3) is 1.00. The zero-order chi connectivity index (χ0) is 9.73. The molecule has 1 rings (SSSR count). The zero-order valence-electron chi connectivity index (χ0n) is 8.88. The first-order valence-electron chi connectivity index (χ1n) is 5.46. The molecule has 1 nitrogen and oxygen atoms in total.